The molecule has 0 aliphatic rings. The molecule has 0 amide bonds. The molecule has 0 atom stereocenters. The van der Waals surface area contributed by atoms with Gasteiger partial charge in [-0.05, 0) is 45.4 Å². The summed E-state index contributed by atoms with van der Waals surface area (Å²) >= 11 is 0. The van der Waals surface area contributed by atoms with E-state index < -0.39 is 16.9 Å². The summed E-state index contributed by atoms with van der Waals surface area (Å²) in [6.07, 6.45) is 0. The second kappa shape index (κ2) is 8.39. The van der Waals surface area contributed by atoms with Crippen molar-refractivity contribution in [1.82, 2.24) is 4.98 Å². The molecule has 1 heterocycles. The zero-order chi connectivity index (χ0) is 20.1. The van der Waals surface area contributed by atoms with Crippen LogP contribution in [0.15, 0.2) is 24.3 Å². The number of non-ortho nitro benzene ring substituents is 1. The number of aryl methyl sites for hydroxylation is 1. The average Bonchev–Trinajstić information content (AvgIpc) is 2.61. The molecule has 2 aromatic rings. The third-order valence-electron chi connectivity index (χ3n) is 3.94. The van der Waals surface area contributed by atoms with Crippen LogP contribution < -0.4 is 0 Å². The summed E-state index contributed by atoms with van der Waals surface area (Å²) in [4.78, 5) is 39.6. The van der Waals surface area contributed by atoms with Gasteiger partial charge in [-0.1, -0.05) is 0 Å². The lowest BCUT2D eigenvalue weighted by Gasteiger charge is -2.16. The van der Waals surface area contributed by atoms with Crippen LogP contribution in [-0.2, 0) is 9.47 Å². The standard InChI is InChI=1S/C19H20N2O6/c1-5-26-18(22)15-11(3)16(19(23)27-6-2)17(20-12(15)4)13-7-9-14(10-8-13)21(24)25/h7-10H,5-6H2,1-4H3. The summed E-state index contributed by atoms with van der Waals surface area (Å²) in [5, 5.41) is 10.9. The largest absolute Gasteiger partial charge is 0.462 e. The fourth-order valence-electron chi connectivity index (χ4n) is 2.76. The SMILES string of the molecule is CCOC(=O)c1c(C)nc(-c2ccc([N+](=O)[O-])cc2)c(C(=O)OCC)c1C. The molecular formula is C19H20N2O6. The highest BCUT2D eigenvalue weighted by Crippen LogP contribution is 2.30. The highest BCUT2D eigenvalue weighted by Gasteiger charge is 2.26. The topological polar surface area (TPSA) is 109 Å². The molecule has 0 unspecified atom stereocenters. The molecule has 0 N–H and O–H groups in total. The van der Waals surface area contributed by atoms with Gasteiger partial charge in [0.25, 0.3) is 5.69 Å². The van der Waals surface area contributed by atoms with Crippen LogP contribution >= 0.6 is 0 Å². The molecule has 2 rings (SSSR count). The van der Waals surface area contributed by atoms with Gasteiger partial charge in [-0.2, -0.15) is 0 Å². The van der Waals surface area contributed by atoms with Crippen molar-refractivity contribution in [3.05, 3.63) is 56.8 Å². The predicted molar refractivity (Wildman–Crippen MR) is 97.7 cm³/mol. The second-order valence-corrected chi connectivity index (χ2v) is 5.67. The van der Waals surface area contributed by atoms with E-state index in [4.69, 9.17) is 9.47 Å². The molecular weight excluding hydrogens is 352 g/mol. The highest BCUT2D eigenvalue weighted by atomic mass is 16.6. The maximum atomic E-state index is 12.6. The molecule has 8 nitrogen and oxygen atoms in total. The van der Waals surface area contributed by atoms with Crippen molar-refractivity contribution < 1.29 is 24.0 Å². The van der Waals surface area contributed by atoms with Crippen LogP contribution in [0.1, 0.15) is 45.8 Å². The van der Waals surface area contributed by atoms with E-state index in [1.165, 1.54) is 24.3 Å². The van der Waals surface area contributed by atoms with E-state index >= 15 is 0 Å². The first-order chi connectivity index (χ1) is 12.8. The fourth-order valence-corrected chi connectivity index (χ4v) is 2.76. The number of ether oxygens (including phenoxy) is 2. The van der Waals surface area contributed by atoms with Crippen molar-refractivity contribution >= 4 is 17.6 Å². The van der Waals surface area contributed by atoms with Gasteiger partial charge in [0.05, 0.1) is 40.7 Å². The van der Waals surface area contributed by atoms with Gasteiger partial charge in [0.2, 0.25) is 0 Å². The van der Waals surface area contributed by atoms with E-state index in [-0.39, 0.29) is 30.0 Å². The summed E-state index contributed by atoms with van der Waals surface area (Å²) in [6, 6.07) is 5.67. The number of rotatable bonds is 6. The van der Waals surface area contributed by atoms with E-state index in [9.17, 15) is 19.7 Å². The Hall–Kier alpha value is -3.29. The number of nitrogens with zero attached hydrogens (tertiary/aromatic N) is 2. The summed E-state index contributed by atoms with van der Waals surface area (Å²) < 4.78 is 10.2. The Bertz CT molecular complexity index is 890. The Balaban J connectivity index is 2.70. The van der Waals surface area contributed by atoms with Crippen LogP contribution in [0.25, 0.3) is 11.3 Å². The second-order valence-electron chi connectivity index (χ2n) is 5.67. The van der Waals surface area contributed by atoms with E-state index in [2.05, 4.69) is 4.98 Å². The quantitative estimate of drug-likeness (QED) is 0.433. The maximum absolute atomic E-state index is 12.6. The number of aromatic nitrogens is 1. The van der Waals surface area contributed by atoms with Crippen molar-refractivity contribution in [3.63, 3.8) is 0 Å². The first-order valence-corrected chi connectivity index (χ1v) is 8.42. The molecule has 0 saturated heterocycles. The molecule has 0 aliphatic carbocycles. The molecule has 0 bridgehead atoms. The Morgan fingerprint density at radius 3 is 2.00 bits per heavy atom. The van der Waals surface area contributed by atoms with Gasteiger partial charge >= 0.3 is 11.9 Å². The Kier molecular flexibility index (Phi) is 6.23. The number of nitro groups is 1. The summed E-state index contributed by atoms with van der Waals surface area (Å²) in [6.45, 7) is 6.97. The number of carbonyl (C=O) groups is 2. The fraction of sp³-hybridized carbons (Fsp3) is 0.316. The monoisotopic (exact) mass is 372 g/mol. The minimum Gasteiger partial charge on any atom is -0.462 e. The van der Waals surface area contributed by atoms with Crippen LogP contribution in [0, 0.1) is 24.0 Å². The first-order valence-electron chi connectivity index (χ1n) is 8.42. The molecule has 142 valence electrons. The number of nitro benzene ring substituents is 1. The molecule has 0 fully saturated rings. The Morgan fingerprint density at radius 1 is 1.00 bits per heavy atom. The summed E-state index contributed by atoms with van der Waals surface area (Å²) in [5.74, 6) is -1.19. The van der Waals surface area contributed by atoms with Crippen LogP contribution in [0.2, 0.25) is 0 Å². The van der Waals surface area contributed by atoms with E-state index in [0.29, 0.717) is 22.5 Å². The van der Waals surface area contributed by atoms with Gasteiger partial charge in [0, 0.05) is 17.7 Å². The predicted octanol–water partition coefficient (Wildman–Crippen LogP) is 3.63. The normalized spacial score (nSPS) is 10.4. The number of pyridine rings is 1. The molecule has 0 radical (unpaired) electrons. The molecule has 8 heteroatoms. The maximum Gasteiger partial charge on any atom is 0.340 e. The minimum absolute atomic E-state index is 0.0759. The number of hydrogen-bond donors (Lipinski definition) is 0. The van der Waals surface area contributed by atoms with Gasteiger partial charge in [-0.3, -0.25) is 15.1 Å². The molecule has 0 aliphatic heterocycles. The van der Waals surface area contributed by atoms with Crippen LogP contribution in [0.3, 0.4) is 0 Å². The first kappa shape index (κ1) is 20.0. The van der Waals surface area contributed by atoms with Gasteiger partial charge in [-0.25, -0.2) is 9.59 Å². The number of esters is 2. The lowest BCUT2D eigenvalue weighted by Crippen LogP contribution is -2.17. The average molecular weight is 372 g/mol. The van der Waals surface area contributed by atoms with Crippen molar-refractivity contribution in [1.29, 1.82) is 0 Å². The third kappa shape index (κ3) is 4.11. The summed E-state index contributed by atoms with van der Waals surface area (Å²) in [7, 11) is 0. The lowest BCUT2D eigenvalue weighted by atomic mass is 9.96. The van der Waals surface area contributed by atoms with Gasteiger partial charge in [0.1, 0.15) is 0 Å². The molecule has 1 aromatic heterocycles. The van der Waals surface area contributed by atoms with Crippen LogP contribution in [-0.4, -0.2) is 35.1 Å². The van der Waals surface area contributed by atoms with E-state index in [1.54, 1.807) is 27.7 Å². The number of carbonyl (C=O) groups excluding carboxylic acids is 2. The third-order valence-corrected chi connectivity index (χ3v) is 3.94. The zero-order valence-electron chi connectivity index (χ0n) is 15.6. The van der Waals surface area contributed by atoms with Crippen molar-refractivity contribution in [3.8, 4) is 11.3 Å². The van der Waals surface area contributed by atoms with Gasteiger partial charge in [0.15, 0.2) is 0 Å². The molecule has 0 saturated carbocycles. The zero-order valence-corrected chi connectivity index (χ0v) is 15.6. The Labute approximate surface area is 156 Å². The Morgan fingerprint density at radius 2 is 1.52 bits per heavy atom. The smallest absolute Gasteiger partial charge is 0.340 e. The minimum atomic E-state index is -0.624. The molecule has 0 spiro atoms. The lowest BCUT2D eigenvalue weighted by molar-refractivity contribution is -0.384. The van der Waals surface area contributed by atoms with Crippen molar-refractivity contribution in [2.75, 3.05) is 13.2 Å². The van der Waals surface area contributed by atoms with Crippen molar-refractivity contribution in [2.24, 2.45) is 0 Å². The van der Waals surface area contributed by atoms with Gasteiger partial charge < -0.3 is 9.47 Å². The van der Waals surface area contributed by atoms with E-state index in [0.717, 1.165) is 0 Å². The highest BCUT2D eigenvalue weighted by molar-refractivity contribution is 6.02. The molecule has 1 aromatic carbocycles. The van der Waals surface area contributed by atoms with Crippen LogP contribution in [0.4, 0.5) is 5.69 Å². The number of benzene rings is 1. The summed E-state index contributed by atoms with van der Waals surface area (Å²) in [5.41, 5.74) is 1.87. The van der Waals surface area contributed by atoms with Crippen LogP contribution in [0.5, 0.6) is 0 Å². The van der Waals surface area contributed by atoms with E-state index in [1.807, 2.05) is 0 Å². The number of hydrogen-bond acceptors (Lipinski definition) is 7. The molecule has 27 heavy (non-hydrogen) atoms. The van der Waals surface area contributed by atoms with Crippen molar-refractivity contribution in [2.45, 2.75) is 27.7 Å². The van der Waals surface area contributed by atoms with Gasteiger partial charge in [-0.15, -0.1) is 0 Å².